The number of carboxylic acids is 1. The number of carboxylic acid groups (broad SMARTS) is 1. The van der Waals surface area contributed by atoms with Crippen LogP contribution >= 0.6 is 22.9 Å². The SMILES string of the molecule is CC(C)COc1ccc(Cl)cc1Cc1nc(C(=O)[O-])cs1.[Na+]. The van der Waals surface area contributed by atoms with Crippen molar-refractivity contribution in [2.75, 3.05) is 6.61 Å². The first-order valence-electron chi connectivity index (χ1n) is 6.52. The van der Waals surface area contributed by atoms with Crippen molar-refractivity contribution in [2.24, 2.45) is 5.92 Å². The fourth-order valence-corrected chi connectivity index (χ4v) is 2.71. The van der Waals surface area contributed by atoms with Crippen LogP contribution in [0.3, 0.4) is 0 Å². The van der Waals surface area contributed by atoms with Crippen LogP contribution in [0.2, 0.25) is 5.02 Å². The number of ether oxygens (including phenoxy) is 1. The van der Waals surface area contributed by atoms with Crippen LogP contribution in [-0.2, 0) is 6.42 Å². The van der Waals surface area contributed by atoms with Gasteiger partial charge in [0.05, 0.1) is 23.3 Å². The predicted molar refractivity (Wildman–Crippen MR) is 81.0 cm³/mol. The zero-order valence-electron chi connectivity index (χ0n) is 12.8. The van der Waals surface area contributed by atoms with E-state index >= 15 is 0 Å². The molecule has 0 spiro atoms. The van der Waals surface area contributed by atoms with Gasteiger partial charge < -0.3 is 14.6 Å². The van der Waals surface area contributed by atoms with Crippen LogP contribution in [0.5, 0.6) is 5.75 Å². The first kappa shape index (κ1) is 19.5. The molecule has 4 nitrogen and oxygen atoms in total. The van der Waals surface area contributed by atoms with Crippen molar-refractivity contribution < 1.29 is 44.2 Å². The monoisotopic (exact) mass is 347 g/mol. The minimum Gasteiger partial charge on any atom is -0.543 e. The molecule has 1 heterocycles. The Hall–Kier alpha value is -0.590. The summed E-state index contributed by atoms with van der Waals surface area (Å²) in [6.07, 6.45) is 0.478. The molecule has 0 aliphatic heterocycles. The van der Waals surface area contributed by atoms with Crippen molar-refractivity contribution >= 4 is 28.9 Å². The van der Waals surface area contributed by atoms with Gasteiger partial charge in [-0.05, 0) is 24.1 Å². The number of aromatic nitrogens is 1. The van der Waals surface area contributed by atoms with Crippen LogP contribution in [0, 0.1) is 5.92 Å². The molecule has 22 heavy (non-hydrogen) atoms. The number of carbonyl (C=O) groups is 1. The number of thiazole rings is 1. The molecule has 2 rings (SSSR count). The Kier molecular flexibility index (Phi) is 7.86. The van der Waals surface area contributed by atoms with Gasteiger partial charge in [0, 0.05) is 22.4 Å². The molecule has 112 valence electrons. The normalized spacial score (nSPS) is 10.4. The minimum atomic E-state index is -1.26. The largest absolute Gasteiger partial charge is 1.00 e. The molecule has 0 aliphatic carbocycles. The summed E-state index contributed by atoms with van der Waals surface area (Å²) in [7, 11) is 0. The summed E-state index contributed by atoms with van der Waals surface area (Å²) < 4.78 is 5.77. The molecule has 0 radical (unpaired) electrons. The van der Waals surface area contributed by atoms with Gasteiger partial charge in [-0.1, -0.05) is 25.4 Å². The van der Waals surface area contributed by atoms with E-state index in [1.165, 1.54) is 16.7 Å². The van der Waals surface area contributed by atoms with Crippen molar-refractivity contribution in [2.45, 2.75) is 20.3 Å². The zero-order valence-corrected chi connectivity index (χ0v) is 16.3. The van der Waals surface area contributed by atoms with Crippen molar-refractivity contribution in [3.05, 3.63) is 44.9 Å². The molecule has 1 aromatic heterocycles. The summed E-state index contributed by atoms with van der Waals surface area (Å²) in [4.78, 5) is 14.8. The van der Waals surface area contributed by atoms with Gasteiger partial charge in [0.1, 0.15) is 5.75 Å². The molecule has 0 amide bonds. The van der Waals surface area contributed by atoms with Crippen molar-refractivity contribution in [3.8, 4) is 5.75 Å². The maximum Gasteiger partial charge on any atom is 1.00 e. The van der Waals surface area contributed by atoms with E-state index in [0.29, 0.717) is 29.0 Å². The Labute approximate surface area is 160 Å². The fourth-order valence-electron chi connectivity index (χ4n) is 1.73. The smallest absolute Gasteiger partial charge is 0.543 e. The maximum absolute atomic E-state index is 10.8. The Morgan fingerprint density at radius 3 is 2.77 bits per heavy atom. The molecule has 2 aromatic rings. The molecule has 0 unspecified atom stereocenters. The van der Waals surface area contributed by atoms with Gasteiger partial charge in [0.25, 0.3) is 0 Å². The van der Waals surface area contributed by atoms with Gasteiger partial charge in [0.2, 0.25) is 0 Å². The summed E-state index contributed by atoms with van der Waals surface area (Å²) in [6, 6.07) is 5.42. The van der Waals surface area contributed by atoms with Gasteiger partial charge in [0.15, 0.2) is 0 Å². The van der Waals surface area contributed by atoms with Gasteiger partial charge in [-0.25, -0.2) is 4.98 Å². The number of halogens is 1. The molecule has 7 heteroatoms. The molecule has 0 atom stereocenters. The predicted octanol–water partition coefficient (Wildman–Crippen LogP) is -0.210. The van der Waals surface area contributed by atoms with E-state index in [2.05, 4.69) is 18.8 Å². The Morgan fingerprint density at radius 1 is 1.45 bits per heavy atom. The summed E-state index contributed by atoms with van der Waals surface area (Å²) in [6.45, 7) is 4.75. The molecule has 1 aromatic carbocycles. The Bertz CT molecular complexity index is 645. The second-order valence-electron chi connectivity index (χ2n) is 5.05. The van der Waals surface area contributed by atoms with Crippen LogP contribution in [0.25, 0.3) is 0 Å². The van der Waals surface area contributed by atoms with E-state index in [1.807, 2.05) is 12.1 Å². The second kappa shape index (κ2) is 8.89. The van der Waals surface area contributed by atoms with Crippen molar-refractivity contribution in [1.29, 1.82) is 0 Å². The van der Waals surface area contributed by atoms with Gasteiger partial charge in [-0.3, -0.25) is 0 Å². The minimum absolute atomic E-state index is 0. The van der Waals surface area contributed by atoms with Crippen LogP contribution in [-0.4, -0.2) is 17.6 Å². The van der Waals surface area contributed by atoms with Crippen LogP contribution < -0.4 is 39.4 Å². The maximum atomic E-state index is 10.8. The summed E-state index contributed by atoms with van der Waals surface area (Å²) >= 11 is 7.31. The number of nitrogens with zero attached hydrogens (tertiary/aromatic N) is 1. The average Bonchev–Trinajstić information content (AvgIpc) is 2.86. The third-order valence-electron chi connectivity index (χ3n) is 2.70. The standard InChI is InChI=1S/C15H16ClNO3S.Na/c1-9(2)7-20-13-4-3-11(16)5-10(13)6-14-17-12(8-21-14)15(18)19;/h3-5,8-9H,6-7H2,1-2H3,(H,18,19);/q;+1/p-1. The first-order chi connectivity index (χ1) is 9.95. The topological polar surface area (TPSA) is 62.2 Å². The number of rotatable bonds is 6. The van der Waals surface area contributed by atoms with Crippen LogP contribution in [0.15, 0.2) is 23.6 Å². The van der Waals surface area contributed by atoms with Crippen molar-refractivity contribution in [3.63, 3.8) is 0 Å². The molecular weight excluding hydrogens is 333 g/mol. The Morgan fingerprint density at radius 2 is 2.18 bits per heavy atom. The summed E-state index contributed by atoms with van der Waals surface area (Å²) in [5.74, 6) is -0.101. The molecule has 0 N–H and O–H groups in total. The van der Waals surface area contributed by atoms with Gasteiger partial charge in [-0.15, -0.1) is 11.3 Å². The third-order valence-corrected chi connectivity index (χ3v) is 3.78. The first-order valence-corrected chi connectivity index (χ1v) is 7.78. The van der Waals surface area contributed by atoms with E-state index in [4.69, 9.17) is 16.3 Å². The number of benzene rings is 1. The second-order valence-corrected chi connectivity index (χ2v) is 6.43. The average molecular weight is 348 g/mol. The zero-order chi connectivity index (χ0) is 15.4. The molecule has 0 bridgehead atoms. The van der Waals surface area contributed by atoms with Crippen LogP contribution in [0.4, 0.5) is 0 Å². The Balaban J connectivity index is 0.00000242. The molecule has 0 aliphatic rings. The summed E-state index contributed by atoms with van der Waals surface area (Å²) in [5, 5.41) is 13.5. The number of carbonyl (C=O) groups excluding carboxylic acids is 1. The van der Waals surface area contributed by atoms with Gasteiger partial charge >= 0.3 is 29.6 Å². The quantitative estimate of drug-likeness (QED) is 0.678. The van der Waals surface area contributed by atoms with E-state index in [1.54, 1.807) is 6.07 Å². The fraction of sp³-hybridized carbons (Fsp3) is 0.333. The molecule has 0 saturated carbocycles. The molecular formula is C15H15ClNNaO3S. The van der Waals surface area contributed by atoms with Gasteiger partial charge in [-0.2, -0.15) is 0 Å². The number of hydrogen-bond donors (Lipinski definition) is 0. The van der Waals surface area contributed by atoms with Crippen molar-refractivity contribution in [1.82, 2.24) is 4.98 Å². The van der Waals surface area contributed by atoms with E-state index < -0.39 is 5.97 Å². The number of hydrogen-bond acceptors (Lipinski definition) is 5. The number of aromatic carboxylic acids is 1. The third kappa shape index (κ3) is 5.56. The molecule has 0 saturated heterocycles. The molecule has 0 fully saturated rings. The van der Waals surface area contributed by atoms with E-state index in [0.717, 1.165) is 11.3 Å². The summed E-state index contributed by atoms with van der Waals surface area (Å²) in [5.41, 5.74) is 0.851. The van der Waals surface area contributed by atoms with E-state index in [-0.39, 0.29) is 35.3 Å². The van der Waals surface area contributed by atoms with Crippen LogP contribution in [0.1, 0.15) is 34.9 Å². The van der Waals surface area contributed by atoms with E-state index in [9.17, 15) is 9.90 Å².